The summed E-state index contributed by atoms with van der Waals surface area (Å²) in [5.74, 6) is 0.219. The van der Waals surface area contributed by atoms with E-state index in [4.69, 9.17) is 18.6 Å². The zero-order chi connectivity index (χ0) is 18.9. The summed E-state index contributed by atoms with van der Waals surface area (Å²) in [6.07, 6.45) is 1.42. The van der Waals surface area contributed by atoms with Gasteiger partial charge in [-0.05, 0) is 19.1 Å². The Labute approximate surface area is 162 Å². The van der Waals surface area contributed by atoms with Gasteiger partial charge in [-0.3, -0.25) is 4.90 Å². The molecule has 0 N–H and O–H groups in total. The summed E-state index contributed by atoms with van der Waals surface area (Å²) in [7, 11) is 0. The monoisotopic (exact) mass is 427 g/mol. The molecule has 1 saturated heterocycles. The Bertz CT molecular complexity index is 709. The zero-order valence-electron chi connectivity index (χ0n) is 15.5. The number of hydrogen-bond acceptors (Lipinski definition) is 6. The maximum atomic E-state index is 12.0. The molecule has 0 bridgehead atoms. The van der Waals surface area contributed by atoms with Crippen LogP contribution in [-0.4, -0.2) is 56.9 Å². The topological polar surface area (TPSA) is 61.1 Å². The second-order valence-electron chi connectivity index (χ2n) is 5.45. The van der Waals surface area contributed by atoms with Crippen molar-refractivity contribution in [3.05, 3.63) is 28.4 Å². The number of esters is 1. The molecule has 0 radical (unpaired) electrons. The molecular formula is C19H26BrNO5. The Hall–Kier alpha value is -1.57. The summed E-state index contributed by atoms with van der Waals surface area (Å²) in [5, 5.41) is 0.684. The molecule has 1 aliphatic rings. The lowest BCUT2D eigenvalue weighted by Crippen LogP contribution is -2.38. The summed E-state index contributed by atoms with van der Waals surface area (Å²) < 4.78 is 22.7. The van der Waals surface area contributed by atoms with Crippen LogP contribution in [0.3, 0.4) is 0 Å². The molecular weight excluding hydrogens is 402 g/mol. The second kappa shape index (κ2) is 10.5. The quantitative estimate of drug-likeness (QED) is 0.646. The highest BCUT2D eigenvalue weighted by molar-refractivity contribution is 9.10. The minimum Gasteiger partial charge on any atom is -0.488 e. The van der Waals surface area contributed by atoms with E-state index in [2.05, 4.69) is 20.8 Å². The molecule has 1 aromatic heterocycles. The molecule has 144 valence electrons. The standard InChI is InChI=1S/C17H20BrNO5.C2H6/c1-2-22-17(20)14-11-24-16-13(14)9-12(18)10-15(16)23-8-5-19-3-6-21-7-4-19;1-2/h9-11H,2-8H2,1H3;1-2H3. The molecule has 1 aromatic carbocycles. The van der Waals surface area contributed by atoms with E-state index in [1.807, 2.05) is 26.0 Å². The number of fused-ring (bicyclic) bond motifs is 1. The maximum absolute atomic E-state index is 12.0. The molecule has 0 aliphatic carbocycles. The lowest BCUT2D eigenvalue weighted by atomic mass is 10.1. The van der Waals surface area contributed by atoms with E-state index < -0.39 is 5.97 Å². The Kier molecular flexibility index (Phi) is 8.41. The molecule has 2 aromatic rings. The fourth-order valence-corrected chi connectivity index (χ4v) is 3.09. The third-order valence-corrected chi connectivity index (χ3v) is 4.33. The van der Waals surface area contributed by atoms with Crippen molar-refractivity contribution in [3.63, 3.8) is 0 Å². The van der Waals surface area contributed by atoms with E-state index >= 15 is 0 Å². The van der Waals surface area contributed by atoms with Crippen molar-refractivity contribution in [1.82, 2.24) is 4.90 Å². The SMILES string of the molecule is CC.CCOC(=O)c1coc2c(OCCN3CCOCC3)cc(Br)cc12. The first-order chi connectivity index (χ1) is 12.7. The van der Waals surface area contributed by atoms with Crippen molar-refractivity contribution in [1.29, 1.82) is 0 Å². The van der Waals surface area contributed by atoms with Crippen molar-refractivity contribution in [2.24, 2.45) is 0 Å². The van der Waals surface area contributed by atoms with Crippen LogP contribution in [0.1, 0.15) is 31.1 Å². The van der Waals surface area contributed by atoms with Gasteiger partial charge in [-0.2, -0.15) is 0 Å². The summed E-state index contributed by atoms with van der Waals surface area (Å²) in [5.41, 5.74) is 0.967. The van der Waals surface area contributed by atoms with E-state index in [1.54, 1.807) is 6.92 Å². The van der Waals surface area contributed by atoms with E-state index in [1.165, 1.54) is 6.26 Å². The van der Waals surface area contributed by atoms with Crippen LogP contribution < -0.4 is 4.74 Å². The predicted octanol–water partition coefficient (Wildman–Crippen LogP) is 4.11. The average molecular weight is 428 g/mol. The fourth-order valence-electron chi connectivity index (χ4n) is 2.66. The lowest BCUT2D eigenvalue weighted by molar-refractivity contribution is 0.0323. The van der Waals surface area contributed by atoms with E-state index in [9.17, 15) is 4.79 Å². The number of halogens is 1. The largest absolute Gasteiger partial charge is 0.488 e. The van der Waals surface area contributed by atoms with Gasteiger partial charge < -0.3 is 18.6 Å². The van der Waals surface area contributed by atoms with Gasteiger partial charge in [0.15, 0.2) is 11.3 Å². The summed E-state index contributed by atoms with van der Waals surface area (Å²) in [6, 6.07) is 3.68. The molecule has 2 heterocycles. The smallest absolute Gasteiger partial charge is 0.342 e. The van der Waals surface area contributed by atoms with Gasteiger partial charge in [0.2, 0.25) is 0 Å². The van der Waals surface area contributed by atoms with Gasteiger partial charge in [-0.15, -0.1) is 0 Å². The number of carbonyl (C=O) groups excluding carboxylic acids is 1. The number of hydrogen-bond donors (Lipinski definition) is 0. The number of morpholine rings is 1. The molecule has 0 saturated carbocycles. The zero-order valence-corrected chi connectivity index (χ0v) is 17.1. The van der Waals surface area contributed by atoms with Crippen molar-refractivity contribution in [3.8, 4) is 5.75 Å². The Morgan fingerprint density at radius 3 is 2.69 bits per heavy atom. The number of ether oxygens (including phenoxy) is 3. The Morgan fingerprint density at radius 2 is 2.00 bits per heavy atom. The summed E-state index contributed by atoms with van der Waals surface area (Å²) in [6.45, 7) is 10.8. The summed E-state index contributed by atoms with van der Waals surface area (Å²) in [4.78, 5) is 14.3. The fraction of sp³-hybridized carbons (Fsp3) is 0.526. The Balaban J connectivity index is 0.00000117. The van der Waals surface area contributed by atoms with Crippen LogP contribution >= 0.6 is 15.9 Å². The number of carbonyl (C=O) groups is 1. The molecule has 26 heavy (non-hydrogen) atoms. The highest BCUT2D eigenvalue weighted by Gasteiger charge is 2.19. The minimum absolute atomic E-state index is 0.322. The van der Waals surface area contributed by atoms with Crippen LogP contribution in [-0.2, 0) is 9.47 Å². The van der Waals surface area contributed by atoms with Crippen LogP contribution in [0.15, 0.2) is 27.3 Å². The molecule has 0 spiro atoms. The number of rotatable bonds is 6. The van der Waals surface area contributed by atoms with Gasteiger partial charge in [0.25, 0.3) is 0 Å². The van der Waals surface area contributed by atoms with Crippen LogP contribution in [0.4, 0.5) is 0 Å². The third-order valence-electron chi connectivity index (χ3n) is 3.87. The first-order valence-corrected chi connectivity index (χ1v) is 9.79. The Morgan fingerprint density at radius 1 is 1.27 bits per heavy atom. The third kappa shape index (κ3) is 5.22. The van der Waals surface area contributed by atoms with Crippen molar-refractivity contribution >= 4 is 32.9 Å². The van der Waals surface area contributed by atoms with Gasteiger partial charge >= 0.3 is 5.97 Å². The first kappa shape index (κ1) is 20.7. The molecule has 3 rings (SSSR count). The van der Waals surface area contributed by atoms with Crippen molar-refractivity contribution < 1.29 is 23.4 Å². The number of furan rings is 1. The van der Waals surface area contributed by atoms with Gasteiger partial charge in [0.05, 0.1) is 19.8 Å². The van der Waals surface area contributed by atoms with Gasteiger partial charge in [-0.25, -0.2) is 4.79 Å². The molecule has 0 atom stereocenters. The van der Waals surface area contributed by atoms with E-state index in [-0.39, 0.29) is 0 Å². The highest BCUT2D eigenvalue weighted by Crippen LogP contribution is 2.34. The van der Waals surface area contributed by atoms with Crippen LogP contribution in [0.5, 0.6) is 5.75 Å². The second-order valence-corrected chi connectivity index (χ2v) is 6.37. The average Bonchev–Trinajstić information content (AvgIpc) is 3.08. The predicted molar refractivity (Wildman–Crippen MR) is 104 cm³/mol. The van der Waals surface area contributed by atoms with Crippen LogP contribution in [0.25, 0.3) is 11.0 Å². The van der Waals surface area contributed by atoms with Crippen LogP contribution in [0.2, 0.25) is 0 Å². The van der Waals surface area contributed by atoms with Gasteiger partial charge in [0.1, 0.15) is 18.4 Å². The molecule has 6 nitrogen and oxygen atoms in total. The molecule has 0 amide bonds. The van der Waals surface area contributed by atoms with Gasteiger partial charge in [0, 0.05) is 29.5 Å². The van der Waals surface area contributed by atoms with Gasteiger partial charge in [-0.1, -0.05) is 29.8 Å². The number of benzene rings is 1. The summed E-state index contributed by atoms with van der Waals surface area (Å²) >= 11 is 3.46. The normalized spacial score (nSPS) is 14.6. The van der Waals surface area contributed by atoms with Crippen LogP contribution in [0, 0.1) is 0 Å². The number of nitrogens with zero attached hydrogens (tertiary/aromatic N) is 1. The van der Waals surface area contributed by atoms with E-state index in [0.29, 0.717) is 35.5 Å². The minimum atomic E-state index is -0.395. The first-order valence-electron chi connectivity index (χ1n) is 9.00. The maximum Gasteiger partial charge on any atom is 0.342 e. The highest BCUT2D eigenvalue weighted by atomic mass is 79.9. The molecule has 0 unspecified atom stereocenters. The molecule has 1 aliphatic heterocycles. The molecule has 1 fully saturated rings. The lowest BCUT2D eigenvalue weighted by Gasteiger charge is -2.26. The van der Waals surface area contributed by atoms with E-state index in [0.717, 1.165) is 37.3 Å². The van der Waals surface area contributed by atoms with Crippen molar-refractivity contribution in [2.45, 2.75) is 20.8 Å². The van der Waals surface area contributed by atoms with Crippen molar-refractivity contribution in [2.75, 3.05) is 46.1 Å². The molecule has 7 heteroatoms.